The van der Waals surface area contributed by atoms with Gasteiger partial charge in [-0.15, -0.1) is 11.3 Å². The van der Waals surface area contributed by atoms with Crippen LogP contribution in [0.25, 0.3) is 0 Å². The third-order valence-corrected chi connectivity index (χ3v) is 4.48. The highest BCUT2D eigenvalue weighted by atomic mass is 32.1. The first kappa shape index (κ1) is 19.0. The Morgan fingerprint density at radius 3 is 2.41 bits per heavy atom. The first-order chi connectivity index (χ1) is 10.0. The van der Waals surface area contributed by atoms with E-state index in [9.17, 15) is 9.90 Å². The number of urea groups is 1. The van der Waals surface area contributed by atoms with Gasteiger partial charge in [0.25, 0.3) is 0 Å². The molecule has 0 saturated heterocycles. The molecule has 5 heteroatoms. The van der Waals surface area contributed by atoms with Crippen LogP contribution in [0.1, 0.15) is 58.9 Å². The summed E-state index contributed by atoms with van der Waals surface area (Å²) < 4.78 is 0. The van der Waals surface area contributed by atoms with E-state index in [-0.39, 0.29) is 29.0 Å². The van der Waals surface area contributed by atoms with E-state index in [1.165, 1.54) is 0 Å². The summed E-state index contributed by atoms with van der Waals surface area (Å²) in [6.45, 7) is 12.7. The zero-order chi connectivity index (χ0) is 17.0. The third kappa shape index (κ3) is 6.36. The average molecular weight is 327 g/mol. The number of nitrogens with one attached hydrogen (secondary N) is 2. The van der Waals surface area contributed by atoms with Crippen molar-refractivity contribution in [3.63, 3.8) is 0 Å². The Balaban J connectivity index is 2.62. The predicted molar refractivity (Wildman–Crippen MR) is 93.1 cm³/mol. The van der Waals surface area contributed by atoms with Crippen LogP contribution in [0.15, 0.2) is 17.5 Å². The molecule has 22 heavy (non-hydrogen) atoms. The second kappa shape index (κ2) is 7.47. The first-order valence-electron chi connectivity index (χ1n) is 7.77. The van der Waals surface area contributed by atoms with Crippen molar-refractivity contribution < 1.29 is 9.90 Å². The lowest BCUT2D eigenvalue weighted by Gasteiger charge is -2.32. The van der Waals surface area contributed by atoms with E-state index in [4.69, 9.17) is 0 Å². The molecule has 0 bridgehead atoms. The summed E-state index contributed by atoms with van der Waals surface area (Å²) >= 11 is 1.66. The Bertz CT molecular complexity index is 462. The summed E-state index contributed by atoms with van der Waals surface area (Å²) in [6.07, 6.45) is 0.286. The Hall–Kier alpha value is -1.07. The fourth-order valence-corrected chi connectivity index (χ4v) is 3.56. The molecule has 0 radical (unpaired) electrons. The average Bonchev–Trinajstić information content (AvgIpc) is 2.84. The van der Waals surface area contributed by atoms with Gasteiger partial charge in [0.15, 0.2) is 0 Å². The predicted octanol–water partition coefficient (Wildman–Crippen LogP) is 3.93. The summed E-state index contributed by atoms with van der Waals surface area (Å²) in [5.41, 5.74) is -0.191. The van der Waals surface area contributed by atoms with E-state index < -0.39 is 0 Å². The molecule has 2 unspecified atom stereocenters. The Labute approximate surface area is 138 Å². The van der Waals surface area contributed by atoms with Crippen molar-refractivity contribution in [2.24, 2.45) is 10.8 Å². The lowest BCUT2D eigenvalue weighted by molar-refractivity contribution is 0.128. The van der Waals surface area contributed by atoms with Crippen LogP contribution in [0, 0.1) is 10.8 Å². The third-order valence-electron chi connectivity index (χ3n) is 3.54. The molecule has 0 aliphatic carbocycles. The fourth-order valence-electron chi connectivity index (χ4n) is 2.54. The van der Waals surface area contributed by atoms with E-state index in [2.05, 4.69) is 37.5 Å². The molecule has 0 aromatic carbocycles. The minimum Gasteiger partial charge on any atom is -0.393 e. The van der Waals surface area contributed by atoms with Gasteiger partial charge in [0.2, 0.25) is 0 Å². The molecule has 0 spiro atoms. The number of rotatable bonds is 6. The summed E-state index contributed by atoms with van der Waals surface area (Å²) in [5.74, 6) is 0. The summed E-state index contributed by atoms with van der Waals surface area (Å²) in [7, 11) is 0. The molecule has 4 nitrogen and oxygen atoms in total. The van der Waals surface area contributed by atoms with E-state index in [0.29, 0.717) is 13.0 Å². The normalized spacial score (nSPS) is 15.2. The van der Waals surface area contributed by atoms with Crippen LogP contribution < -0.4 is 10.6 Å². The first-order valence-corrected chi connectivity index (χ1v) is 8.65. The molecule has 1 rings (SSSR count). The number of hydrogen-bond acceptors (Lipinski definition) is 3. The number of carbonyl (C=O) groups is 1. The van der Waals surface area contributed by atoms with Crippen LogP contribution in [0.3, 0.4) is 0 Å². The van der Waals surface area contributed by atoms with Crippen LogP contribution in [0.4, 0.5) is 4.79 Å². The van der Waals surface area contributed by atoms with Crippen LogP contribution in [-0.2, 0) is 0 Å². The van der Waals surface area contributed by atoms with Gasteiger partial charge in [-0.2, -0.15) is 0 Å². The highest BCUT2D eigenvalue weighted by Gasteiger charge is 2.29. The molecule has 126 valence electrons. The molecule has 2 atom stereocenters. The van der Waals surface area contributed by atoms with E-state index in [1.54, 1.807) is 18.3 Å². The summed E-state index contributed by atoms with van der Waals surface area (Å²) in [6, 6.07) is 3.88. The summed E-state index contributed by atoms with van der Waals surface area (Å²) in [4.78, 5) is 13.4. The molecule has 1 aromatic heterocycles. The van der Waals surface area contributed by atoms with Gasteiger partial charge < -0.3 is 15.7 Å². The van der Waals surface area contributed by atoms with Gasteiger partial charge in [-0.3, -0.25) is 0 Å². The van der Waals surface area contributed by atoms with Gasteiger partial charge >= 0.3 is 6.03 Å². The quantitative estimate of drug-likeness (QED) is 0.741. The smallest absolute Gasteiger partial charge is 0.315 e. The molecular weight excluding hydrogens is 296 g/mol. The van der Waals surface area contributed by atoms with Crippen molar-refractivity contribution in [2.75, 3.05) is 6.54 Å². The maximum absolute atomic E-state index is 12.2. The Morgan fingerprint density at radius 1 is 1.32 bits per heavy atom. The minimum atomic E-state index is -0.367. The Morgan fingerprint density at radius 2 is 1.95 bits per heavy atom. The van der Waals surface area contributed by atoms with Gasteiger partial charge in [0.05, 0.1) is 12.1 Å². The number of thiophene rings is 1. The van der Waals surface area contributed by atoms with Crippen LogP contribution in [-0.4, -0.2) is 23.8 Å². The molecule has 3 N–H and O–H groups in total. The molecule has 1 aromatic rings. The molecule has 0 aliphatic heterocycles. The monoisotopic (exact) mass is 326 g/mol. The zero-order valence-corrected chi connectivity index (χ0v) is 15.4. The van der Waals surface area contributed by atoms with E-state index in [0.717, 1.165) is 4.88 Å². The van der Waals surface area contributed by atoms with Crippen molar-refractivity contribution >= 4 is 17.4 Å². The second-order valence-electron chi connectivity index (χ2n) is 7.86. The van der Waals surface area contributed by atoms with Crippen molar-refractivity contribution in [3.05, 3.63) is 22.4 Å². The molecule has 0 aliphatic rings. The SMILES string of the molecule is CC(O)CC(C)(C)CNC(=O)NC(c1cccs1)C(C)(C)C. The number of carbonyl (C=O) groups excluding carboxylic acids is 1. The largest absolute Gasteiger partial charge is 0.393 e. The second-order valence-corrected chi connectivity index (χ2v) is 8.84. The lowest BCUT2D eigenvalue weighted by atomic mass is 9.85. The number of amides is 2. The van der Waals surface area contributed by atoms with Crippen molar-refractivity contribution in [3.8, 4) is 0 Å². The number of aliphatic hydroxyl groups excluding tert-OH is 1. The molecule has 2 amide bonds. The highest BCUT2D eigenvalue weighted by molar-refractivity contribution is 7.10. The zero-order valence-electron chi connectivity index (χ0n) is 14.6. The van der Waals surface area contributed by atoms with Crippen molar-refractivity contribution in [1.29, 1.82) is 0 Å². The number of aliphatic hydroxyl groups is 1. The van der Waals surface area contributed by atoms with Gasteiger partial charge in [-0.1, -0.05) is 40.7 Å². The molecular formula is C17H30N2O2S. The van der Waals surface area contributed by atoms with E-state index in [1.807, 2.05) is 25.3 Å². The minimum absolute atomic E-state index is 0.0209. The van der Waals surface area contributed by atoms with Gasteiger partial charge in [-0.05, 0) is 35.6 Å². The Kier molecular flexibility index (Phi) is 6.44. The standard InChI is InChI=1S/C17H30N2O2S/c1-12(20)10-17(5,6)11-18-15(21)19-14(16(2,3)4)13-8-7-9-22-13/h7-9,12,14,20H,10-11H2,1-6H3,(H2,18,19,21). The van der Waals surface area contributed by atoms with E-state index >= 15 is 0 Å². The van der Waals surface area contributed by atoms with Crippen LogP contribution in [0.5, 0.6) is 0 Å². The molecule has 1 heterocycles. The molecule has 0 saturated carbocycles. The van der Waals surface area contributed by atoms with Crippen molar-refractivity contribution in [2.45, 2.75) is 60.1 Å². The van der Waals surface area contributed by atoms with Gasteiger partial charge in [-0.25, -0.2) is 4.79 Å². The summed E-state index contributed by atoms with van der Waals surface area (Å²) in [5, 5.41) is 17.5. The number of hydrogen-bond donors (Lipinski definition) is 3. The van der Waals surface area contributed by atoms with Gasteiger partial charge in [0, 0.05) is 11.4 Å². The maximum atomic E-state index is 12.2. The molecule has 0 fully saturated rings. The van der Waals surface area contributed by atoms with Crippen LogP contribution in [0.2, 0.25) is 0 Å². The van der Waals surface area contributed by atoms with Gasteiger partial charge in [0.1, 0.15) is 0 Å². The highest BCUT2D eigenvalue weighted by Crippen LogP contribution is 2.35. The lowest BCUT2D eigenvalue weighted by Crippen LogP contribution is -2.45. The maximum Gasteiger partial charge on any atom is 0.315 e. The fraction of sp³-hybridized carbons (Fsp3) is 0.706. The topological polar surface area (TPSA) is 61.4 Å². The van der Waals surface area contributed by atoms with Crippen molar-refractivity contribution in [1.82, 2.24) is 10.6 Å². The van der Waals surface area contributed by atoms with Crippen LogP contribution >= 0.6 is 11.3 Å².